The van der Waals surface area contributed by atoms with Crippen molar-refractivity contribution in [3.63, 3.8) is 0 Å². The molecule has 1 aliphatic rings. The molecular formula is C24H25NO6. The molecule has 7 heteroatoms. The van der Waals surface area contributed by atoms with Gasteiger partial charge in [-0.15, -0.1) is 0 Å². The Bertz CT molecular complexity index is 969. The molecule has 31 heavy (non-hydrogen) atoms. The van der Waals surface area contributed by atoms with Gasteiger partial charge in [0.05, 0.1) is 13.7 Å². The lowest BCUT2D eigenvalue weighted by Gasteiger charge is -2.38. The van der Waals surface area contributed by atoms with Crippen LogP contribution in [-0.2, 0) is 25.7 Å². The van der Waals surface area contributed by atoms with Gasteiger partial charge < -0.3 is 14.4 Å². The Labute approximate surface area is 180 Å². The average Bonchev–Trinajstić information content (AvgIpc) is 2.79. The lowest BCUT2D eigenvalue weighted by atomic mass is 9.73. The molecule has 2 aromatic rings. The number of nitrogens with zero attached hydrogens (tertiary/aromatic N) is 1. The molecule has 0 aromatic heterocycles. The Morgan fingerprint density at radius 3 is 2.32 bits per heavy atom. The summed E-state index contributed by atoms with van der Waals surface area (Å²) in [5.74, 6) is -2.16. The molecular weight excluding hydrogens is 398 g/mol. The van der Waals surface area contributed by atoms with Crippen molar-refractivity contribution in [1.29, 1.82) is 0 Å². The maximum absolute atomic E-state index is 13.5. The number of piperidine rings is 1. The summed E-state index contributed by atoms with van der Waals surface area (Å²) in [5, 5.41) is 0. The summed E-state index contributed by atoms with van der Waals surface area (Å²) in [7, 11) is 1.51. The van der Waals surface area contributed by atoms with Gasteiger partial charge in [-0.3, -0.25) is 19.2 Å². The summed E-state index contributed by atoms with van der Waals surface area (Å²) >= 11 is 0. The standard InChI is InChI=1S/C24H25NO6/c1-3-31-23(29)24(15-20(26)18-9-11-19(30-2)12-10-18)21(27)13-14-25(22(24)28)16-17-7-5-4-6-8-17/h4-12H,3,13-16H2,1-2H3. The first-order valence-electron chi connectivity index (χ1n) is 10.1. The van der Waals surface area contributed by atoms with Crippen molar-refractivity contribution < 1.29 is 28.7 Å². The molecule has 2 aromatic carbocycles. The minimum absolute atomic E-state index is 0.00342. The van der Waals surface area contributed by atoms with Crippen LogP contribution in [0.2, 0.25) is 0 Å². The van der Waals surface area contributed by atoms with Crippen LogP contribution in [-0.4, -0.2) is 48.6 Å². The summed E-state index contributed by atoms with van der Waals surface area (Å²) in [5.41, 5.74) is -1.02. The maximum Gasteiger partial charge on any atom is 0.329 e. The van der Waals surface area contributed by atoms with Gasteiger partial charge in [0.15, 0.2) is 11.6 Å². The van der Waals surface area contributed by atoms with Crippen molar-refractivity contribution in [3.8, 4) is 5.75 Å². The molecule has 1 unspecified atom stereocenters. The Kier molecular flexibility index (Phi) is 6.84. The van der Waals surface area contributed by atoms with Gasteiger partial charge in [0.2, 0.25) is 11.3 Å². The van der Waals surface area contributed by atoms with Crippen LogP contribution in [0, 0.1) is 5.41 Å². The molecule has 0 bridgehead atoms. The predicted molar refractivity (Wildman–Crippen MR) is 112 cm³/mol. The number of rotatable bonds is 8. The fraction of sp³-hybridized carbons (Fsp3) is 0.333. The summed E-state index contributed by atoms with van der Waals surface area (Å²) in [6, 6.07) is 15.6. The van der Waals surface area contributed by atoms with Gasteiger partial charge in [-0.2, -0.15) is 0 Å². The number of methoxy groups -OCH3 is 1. The lowest BCUT2D eigenvalue weighted by molar-refractivity contribution is -0.172. The quantitative estimate of drug-likeness (QED) is 0.368. The third-order valence-electron chi connectivity index (χ3n) is 5.41. The molecule has 1 heterocycles. The van der Waals surface area contributed by atoms with Crippen LogP contribution < -0.4 is 4.74 Å². The highest BCUT2D eigenvalue weighted by Gasteiger charge is 2.58. The van der Waals surface area contributed by atoms with Crippen molar-refractivity contribution in [2.24, 2.45) is 5.41 Å². The predicted octanol–water partition coefficient (Wildman–Crippen LogP) is 2.82. The van der Waals surface area contributed by atoms with Crippen molar-refractivity contribution in [3.05, 3.63) is 65.7 Å². The van der Waals surface area contributed by atoms with Crippen LogP contribution in [0.3, 0.4) is 0 Å². The molecule has 1 aliphatic heterocycles. The second-order valence-corrected chi connectivity index (χ2v) is 7.34. The Hall–Kier alpha value is -3.48. The molecule has 3 rings (SSSR count). The van der Waals surface area contributed by atoms with E-state index in [2.05, 4.69) is 0 Å². The van der Waals surface area contributed by atoms with Crippen molar-refractivity contribution >= 4 is 23.4 Å². The van der Waals surface area contributed by atoms with Crippen LogP contribution in [0.15, 0.2) is 54.6 Å². The van der Waals surface area contributed by atoms with E-state index in [0.29, 0.717) is 5.75 Å². The fourth-order valence-electron chi connectivity index (χ4n) is 3.72. The zero-order chi connectivity index (χ0) is 22.4. The Morgan fingerprint density at radius 1 is 1.03 bits per heavy atom. The molecule has 0 spiro atoms. The topological polar surface area (TPSA) is 90.0 Å². The molecule has 0 saturated carbocycles. The van der Waals surface area contributed by atoms with E-state index >= 15 is 0 Å². The fourth-order valence-corrected chi connectivity index (χ4v) is 3.72. The van der Waals surface area contributed by atoms with E-state index in [1.54, 1.807) is 31.2 Å². The first-order valence-corrected chi connectivity index (χ1v) is 10.1. The third-order valence-corrected chi connectivity index (χ3v) is 5.41. The zero-order valence-electron chi connectivity index (χ0n) is 17.6. The van der Waals surface area contributed by atoms with Crippen LogP contribution in [0.1, 0.15) is 35.7 Å². The average molecular weight is 423 g/mol. The van der Waals surface area contributed by atoms with Gasteiger partial charge >= 0.3 is 5.97 Å². The summed E-state index contributed by atoms with van der Waals surface area (Å²) in [4.78, 5) is 53.9. The Morgan fingerprint density at radius 2 is 1.71 bits per heavy atom. The van der Waals surface area contributed by atoms with E-state index in [1.807, 2.05) is 30.3 Å². The van der Waals surface area contributed by atoms with Gasteiger partial charge in [-0.25, -0.2) is 0 Å². The first kappa shape index (κ1) is 22.2. The summed E-state index contributed by atoms with van der Waals surface area (Å²) < 4.78 is 10.2. The van der Waals surface area contributed by atoms with E-state index in [1.165, 1.54) is 12.0 Å². The number of Topliss-reactive ketones (excluding diaryl/α,β-unsaturated/α-hetero) is 2. The van der Waals surface area contributed by atoms with E-state index in [4.69, 9.17) is 9.47 Å². The molecule has 7 nitrogen and oxygen atoms in total. The highest BCUT2D eigenvalue weighted by atomic mass is 16.5. The molecule has 0 N–H and O–H groups in total. The largest absolute Gasteiger partial charge is 0.497 e. The second-order valence-electron chi connectivity index (χ2n) is 7.34. The number of hydrogen-bond donors (Lipinski definition) is 0. The van der Waals surface area contributed by atoms with Crippen LogP contribution in [0.5, 0.6) is 5.75 Å². The first-order chi connectivity index (χ1) is 14.9. The zero-order valence-corrected chi connectivity index (χ0v) is 17.6. The molecule has 0 aliphatic carbocycles. The van der Waals surface area contributed by atoms with E-state index in [0.717, 1.165) is 5.56 Å². The smallest absolute Gasteiger partial charge is 0.329 e. The van der Waals surface area contributed by atoms with Crippen LogP contribution >= 0.6 is 0 Å². The van der Waals surface area contributed by atoms with Gasteiger partial charge in [0.25, 0.3) is 0 Å². The monoisotopic (exact) mass is 423 g/mol. The SMILES string of the molecule is CCOC(=O)C1(CC(=O)c2ccc(OC)cc2)C(=O)CCN(Cc2ccccc2)C1=O. The van der Waals surface area contributed by atoms with Crippen LogP contribution in [0.25, 0.3) is 0 Å². The number of amides is 1. The number of carbonyl (C=O) groups excluding carboxylic acids is 4. The number of ketones is 2. The molecule has 0 radical (unpaired) electrons. The summed E-state index contributed by atoms with van der Waals surface area (Å²) in [6.45, 7) is 2.02. The second kappa shape index (κ2) is 9.55. The minimum atomic E-state index is -2.17. The number of esters is 1. The maximum atomic E-state index is 13.5. The van der Waals surface area contributed by atoms with Crippen molar-refractivity contribution in [2.75, 3.05) is 20.3 Å². The number of carbonyl (C=O) groups is 4. The normalized spacial score (nSPS) is 18.6. The van der Waals surface area contributed by atoms with Crippen LogP contribution in [0.4, 0.5) is 0 Å². The lowest BCUT2D eigenvalue weighted by Crippen LogP contribution is -2.59. The van der Waals surface area contributed by atoms with E-state index < -0.39 is 35.3 Å². The van der Waals surface area contributed by atoms with E-state index in [-0.39, 0.29) is 31.7 Å². The highest BCUT2D eigenvalue weighted by molar-refractivity contribution is 6.25. The molecule has 1 fully saturated rings. The number of hydrogen-bond acceptors (Lipinski definition) is 6. The van der Waals surface area contributed by atoms with Gasteiger partial charge in [-0.1, -0.05) is 30.3 Å². The number of ether oxygens (including phenoxy) is 2. The summed E-state index contributed by atoms with van der Waals surface area (Å²) in [6.07, 6.45) is -0.589. The number of benzene rings is 2. The van der Waals surface area contributed by atoms with E-state index in [9.17, 15) is 19.2 Å². The van der Waals surface area contributed by atoms with Gasteiger partial charge in [0, 0.05) is 31.5 Å². The molecule has 162 valence electrons. The highest BCUT2D eigenvalue weighted by Crippen LogP contribution is 2.36. The third kappa shape index (κ3) is 4.50. The van der Waals surface area contributed by atoms with Crippen molar-refractivity contribution in [1.82, 2.24) is 4.90 Å². The Balaban J connectivity index is 1.94. The molecule has 1 saturated heterocycles. The molecule has 1 atom stereocenters. The van der Waals surface area contributed by atoms with Gasteiger partial charge in [-0.05, 0) is 36.8 Å². The van der Waals surface area contributed by atoms with Crippen molar-refractivity contribution in [2.45, 2.75) is 26.3 Å². The molecule has 1 amide bonds. The minimum Gasteiger partial charge on any atom is -0.497 e. The van der Waals surface area contributed by atoms with Gasteiger partial charge in [0.1, 0.15) is 5.75 Å². The number of likely N-dealkylation sites (tertiary alicyclic amines) is 1.